The Hall–Kier alpha value is -1.14. The summed E-state index contributed by atoms with van der Waals surface area (Å²) in [5, 5.41) is 18.9. The van der Waals surface area contributed by atoms with Crippen LogP contribution in [0.2, 0.25) is 0 Å². The number of unbranched alkanes of at least 4 members (excludes halogenated alkanes) is 12. The van der Waals surface area contributed by atoms with Crippen LogP contribution in [0.3, 0.4) is 0 Å². The number of hydrogen-bond acceptors (Lipinski definition) is 4. The molecule has 0 aliphatic heterocycles. The highest BCUT2D eigenvalue weighted by Crippen LogP contribution is 2.13. The Kier molecular flexibility index (Phi) is 23.3. The van der Waals surface area contributed by atoms with Gasteiger partial charge in [0.1, 0.15) is 6.10 Å². The predicted octanol–water partition coefficient (Wildman–Crippen LogP) is 5.33. The number of aliphatic carboxylic acids is 1. The van der Waals surface area contributed by atoms with E-state index in [1.807, 2.05) is 14.1 Å². The molecule has 0 aliphatic carbocycles. The molecule has 0 radical (unpaired) electrons. The summed E-state index contributed by atoms with van der Waals surface area (Å²) in [5.41, 5.74) is 0. The molecule has 180 valence electrons. The van der Waals surface area contributed by atoms with Gasteiger partial charge in [-0.25, -0.2) is 4.79 Å². The fraction of sp³-hybridized carbons (Fsp3) is 0.917. The lowest BCUT2D eigenvalue weighted by Crippen LogP contribution is -2.44. The summed E-state index contributed by atoms with van der Waals surface area (Å²) in [5.74, 6) is -0.978. The standard InChI is InChI=1S/C21H44N2O.C3H6O3/c1-5-7-8-9-10-11-12-13-14-15-16-17-18-19-21(24)22-20(6-2)23(3)4;1-2(4)3(5)6/h20H,5-19H2,1-4H3,(H,22,24);2,4H,1H3,(H,5,6). The highest BCUT2D eigenvalue weighted by Gasteiger charge is 2.11. The van der Waals surface area contributed by atoms with Crippen molar-refractivity contribution >= 4 is 11.9 Å². The topological polar surface area (TPSA) is 89.9 Å². The van der Waals surface area contributed by atoms with Crippen LogP contribution < -0.4 is 5.32 Å². The molecule has 0 heterocycles. The van der Waals surface area contributed by atoms with Gasteiger partial charge in [-0.2, -0.15) is 0 Å². The van der Waals surface area contributed by atoms with E-state index in [0.29, 0.717) is 6.42 Å². The molecule has 0 rings (SSSR count). The van der Waals surface area contributed by atoms with Gasteiger partial charge in [-0.3, -0.25) is 9.69 Å². The second-order valence-corrected chi connectivity index (χ2v) is 8.46. The van der Waals surface area contributed by atoms with Crippen molar-refractivity contribution < 1.29 is 19.8 Å². The van der Waals surface area contributed by atoms with Crippen molar-refractivity contribution in [3.63, 3.8) is 0 Å². The van der Waals surface area contributed by atoms with Crippen LogP contribution in [0.25, 0.3) is 0 Å². The van der Waals surface area contributed by atoms with E-state index < -0.39 is 12.1 Å². The maximum atomic E-state index is 11.9. The van der Waals surface area contributed by atoms with Gasteiger partial charge in [0.15, 0.2) is 0 Å². The number of rotatable bonds is 18. The van der Waals surface area contributed by atoms with Gasteiger partial charge in [-0.15, -0.1) is 0 Å². The summed E-state index contributed by atoms with van der Waals surface area (Å²) in [7, 11) is 4.03. The van der Waals surface area contributed by atoms with Crippen molar-refractivity contribution in [2.75, 3.05) is 14.1 Å². The molecular weight excluding hydrogens is 380 g/mol. The molecular formula is C24H50N2O4. The molecule has 0 aliphatic rings. The van der Waals surface area contributed by atoms with Crippen molar-refractivity contribution in [2.24, 2.45) is 0 Å². The average Bonchev–Trinajstić information content (AvgIpc) is 2.69. The summed E-state index contributed by atoms with van der Waals surface area (Å²) in [6.45, 7) is 5.58. The average molecular weight is 431 g/mol. The molecule has 0 aromatic heterocycles. The van der Waals surface area contributed by atoms with E-state index >= 15 is 0 Å². The maximum absolute atomic E-state index is 11.9. The second-order valence-electron chi connectivity index (χ2n) is 8.46. The number of aliphatic hydroxyl groups excluding tert-OH is 1. The van der Waals surface area contributed by atoms with Gasteiger partial charge in [0.2, 0.25) is 5.91 Å². The zero-order valence-electron chi connectivity index (χ0n) is 20.4. The van der Waals surface area contributed by atoms with Crippen LogP contribution in [0, 0.1) is 0 Å². The Morgan fingerprint density at radius 3 is 1.47 bits per heavy atom. The van der Waals surface area contributed by atoms with Gasteiger partial charge in [0, 0.05) is 6.42 Å². The lowest BCUT2D eigenvalue weighted by Gasteiger charge is -2.23. The predicted molar refractivity (Wildman–Crippen MR) is 126 cm³/mol. The Labute approximate surface area is 185 Å². The van der Waals surface area contributed by atoms with Crippen LogP contribution in [0.4, 0.5) is 0 Å². The minimum absolute atomic E-state index is 0.180. The van der Waals surface area contributed by atoms with E-state index in [1.54, 1.807) is 0 Å². The molecule has 0 saturated carbocycles. The van der Waals surface area contributed by atoms with E-state index in [1.165, 1.54) is 84.0 Å². The Balaban J connectivity index is 0. The van der Waals surface area contributed by atoms with Gasteiger partial charge >= 0.3 is 5.97 Å². The molecule has 0 fully saturated rings. The molecule has 1 amide bonds. The number of amides is 1. The van der Waals surface area contributed by atoms with Crippen LogP contribution in [0.1, 0.15) is 117 Å². The van der Waals surface area contributed by atoms with Gasteiger partial charge < -0.3 is 15.5 Å². The van der Waals surface area contributed by atoms with E-state index in [2.05, 4.69) is 24.1 Å². The molecule has 0 saturated heterocycles. The first-order valence-electron chi connectivity index (χ1n) is 12.1. The number of carboxylic acids is 1. The smallest absolute Gasteiger partial charge is 0.332 e. The number of carbonyl (C=O) groups excluding carboxylic acids is 1. The fourth-order valence-corrected chi connectivity index (χ4v) is 3.16. The Morgan fingerprint density at radius 2 is 1.17 bits per heavy atom. The molecule has 2 atom stereocenters. The minimum atomic E-state index is -1.23. The summed E-state index contributed by atoms with van der Waals surface area (Å²) < 4.78 is 0. The van der Waals surface area contributed by atoms with Crippen LogP contribution >= 0.6 is 0 Å². The summed E-state index contributed by atoms with van der Waals surface area (Å²) in [4.78, 5) is 23.4. The van der Waals surface area contributed by atoms with E-state index in [9.17, 15) is 9.59 Å². The Bertz CT molecular complexity index is 401. The molecule has 0 aromatic rings. The SMILES string of the molecule is CC(O)C(=O)O.CCCCCCCCCCCCCCCC(=O)NC(CC)N(C)C. The number of carbonyl (C=O) groups is 2. The number of carboxylic acid groups (broad SMARTS) is 1. The molecule has 6 nitrogen and oxygen atoms in total. The van der Waals surface area contributed by atoms with Crippen molar-refractivity contribution in [1.82, 2.24) is 10.2 Å². The second kappa shape index (κ2) is 22.5. The van der Waals surface area contributed by atoms with E-state index in [4.69, 9.17) is 10.2 Å². The number of aliphatic hydroxyl groups is 1. The minimum Gasteiger partial charge on any atom is -0.479 e. The van der Waals surface area contributed by atoms with Crippen molar-refractivity contribution in [3.8, 4) is 0 Å². The van der Waals surface area contributed by atoms with Crippen LogP contribution in [0.15, 0.2) is 0 Å². The lowest BCUT2D eigenvalue weighted by molar-refractivity contribution is -0.145. The van der Waals surface area contributed by atoms with Crippen LogP contribution in [0.5, 0.6) is 0 Å². The van der Waals surface area contributed by atoms with Gasteiger partial charge in [-0.1, -0.05) is 90.9 Å². The quantitative estimate of drug-likeness (QED) is 0.202. The van der Waals surface area contributed by atoms with Crippen molar-refractivity contribution in [1.29, 1.82) is 0 Å². The monoisotopic (exact) mass is 430 g/mol. The number of nitrogens with one attached hydrogen (secondary N) is 1. The van der Waals surface area contributed by atoms with Crippen molar-refractivity contribution in [3.05, 3.63) is 0 Å². The first kappa shape index (κ1) is 31.0. The van der Waals surface area contributed by atoms with Gasteiger partial charge in [0.05, 0.1) is 6.17 Å². The summed E-state index contributed by atoms with van der Waals surface area (Å²) >= 11 is 0. The fourth-order valence-electron chi connectivity index (χ4n) is 3.16. The lowest BCUT2D eigenvalue weighted by atomic mass is 10.0. The van der Waals surface area contributed by atoms with Crippen molar-refractivity contribution in [2.45, 2.75) is 129 Å². The zero-order chi connectivity index (χ0) is 23.2. The summed E-state index contributed by atoms with van der Waals surface area (Å²) in [6.07, 6.45) is 18.1. The molecule has 0 bridgehead atoms. The third-order valence-corrected chi connectivity index (χ3v) is 5.20. The maximum Gasteiger partial charge on any atom is 0.332 e. The zero-order valence-corrected chi connectivity index (χ0v) is 20.4. The van der Waals surface area contributed by atoms with Crippen LogP contribution in [-0.2, 0) is 9.59 Å². The largest absolute Gasteiger partial charge is 0.479 e. The van der Waals surface area contributed by atoms with E-state index in [0.717, 1.165) is 12.8 Å². The number of hydrogen-bond donors (Lipinski definition) is 3. The third kappa shape index (κ3) is 23.1. The van der Waals surface area contributed by atoms with Gasteiger partial charge in [0.25, 0.3) is 0 Å². The Morgan fingerprint density at radius 1 is 0.800 bits per heavy atom. The van der Waals surface area contributed by atoms with Crippen LogP contribution in [-0.4, -0.2) is 53.4 Å². The highest BCUT2D eigenvalue weighted by atomic mass is 16.4. The highest BCUT2D eigenvalue weighted by molar-refractivity contribution is 5.76. The summed E-state index contributed by atoms with van der Waals surface area (Å²) in [6, 6.07) is 0. The van der Waals surface area contributed by atoms with Gasteiger partial charge in [-0.05, 0) is 33.9 Å². The first-order chi connectivity index (χ1) is 14.3. The molecule has 3 N–H and O–H groups in total. The third-order valence-electron chi connectivity index (χ3n) is 5.20. The molecule has 2 unspecified atom stereocenters. The number of nitrogens with zero attached hydrogens (tertiary/aromatic N) is 1. The molecule has 0 spiro atoms. The molecule has 6 heteroatoms. The molecule has 30 heavy (non-hydrogen) atoms. The van der Waals surface area contributed by atoms with E-state index in [-0.39, 0.29) is 12.1 Å². The first-order valence-corrected chi connectivity index (χ1v) is 12.1. The molecule has 0 aromatic carbocycles. The normalized spacial score (nSPS) is 12.8.